The van der Waals surface area contributed by atoms with Crippen molar-refractivity contribution in [2.24, 2.45) is 0 Å². The van der Waals surface area contributed by atoms with Gasteiger partial charge in [0.1, 0.15) is 0 Å². The topological polar surface area (TPSA) is 43.4 Å². The zero-order valence-electron chi connectivity index (χ0n) is 6.01. The van der Waals surface area contributed by atoms with Crippen molar-refractivity contribution < 1.29 is 14.1 Å². The Labute approximate surface area is 61.3 Å². The van der Waals surface area contributed by atoms with Crippen LogP contribution >= 0.6 is 8.46 Å². The molecule has 0 aliphatic carbocycles. The molecule has 2 atom stereocenters. The summed E-state index contributed by atoms with van der Waals surface area (Å²) >= 11 is 0. The number of carbonyl (C=O) groups excluding carboxylic acids is 1. The van der Waals surface area contributed by atoms with E-state index in [1.54, 1.807) is 13.8 Å². The van der Waals surface area contributed by atoms with Gasteiger partial charge < -0.3 is 4.74 Å². The molecule has 0 fully saturated rings. The predicted molar refractivity (Wildman–Crippen MR) is 39.4 cm³/mol. The summed E-state index contributed by atoms with van der Waals surface area (Å²) in [7, 11) is -0.617. The van der Waals surface area contributed by atoms with E-state index in [2.05, 4.69) is 11.3 Å². The van der Waals surface area contributed by atoms with Crippen molar-refractivity contribution in [3.63, 3.8) is 0 Å². The average Bonchev–Trinajstić information content (AvgIpc) is 1.87. The van der Waals surface area contributed by atoms with E-state index in [4.69, 9.17) is 0 Å². The summed E-state index contributed by atoms with van der Waals surface area (Å²) in [5.74, 6) is -1.01. The third kappa shape index (κ3) is 3.36. The molecule has 0 N–H and O–H groups in total. The van der Waals surface area contributed by atoms with Gasteiger partial charge in [-0.3, -0.25) is 0 Å². The molecule has 0 radical (unpaired) electrons. The summed E-state index contributed by atoms with van der Waals surface area (Å²) in [5.41, 5.74) is 0.324. The molecule has 0 aromatic heterocycles. The molecule has 0 bridgehead atoms. The molecule has 0 aromatic carbocycles. The van der Waals surface area contributed by atoms with E-state index in [0.717, 1.165) is 0 Å². The first-order valence-electron chi connectivity index (χ1n) is 2.82. The lowest BCUT2D eigenvalue weighted by Gasteiger charge is -1.99. The van der Waals surface area contributed by atoms with Gasteiger partial charge in [-0.05, 0) is 6.92 Å². The van der Waals surface area contributed by atoms with Gasteiger partial charge in [0.25, 0.3) is 5.85 Å². The number of rotatable bonds is 3. The third-order valence-corrected chi connectivity index (χ3v) is 1.25. The van der Waals surface area contributed by atoms with Crippen LogP contribution in [0, 0.1) is 0 Å². The van der Waals surface area contributed by atoms with Crippen LogP contribution in [-0.4, -0.2) is 11.8 Å². The summed E-state index contributed by atoms with van der Waals surface area (Å²) in [6.07, 6.45) is 0. The Hall–Kier alpha value is -0.690. The number of ether oxygens (including phenoxy) is 1. The van der Waals surface area contributed by atoms with E-state index in [-0.39, 0.29) is 0 Å². The highest BCUT2D eigenvalue weighted by Crippen LogP contribution is 2.08. The first-order chi connectivity index (χ1) is 4.57. The molecular formula is C6H10O3P+. The Morgan fingerprint density at radius 2 is 2.20 bits per heavy atom. The van der Waals surface area contributed by atoms with E-state index < -0.39 is 20.3 Å². The minimum atomic E-state index is -0.617. The van der Waals surface area contributed by atoms with Crippen LogP contribution in [0.5, 0.6) is 0 Å². The predicted octanol–water partition coefficient (Wildman–Crippen LogP) is 1.48. The summed E-state index contributed by atoms with van der Waals surface area (Å²) in [6, 6.07) is 0. The Balaban J connectivity index is 3.79. The van der Waals surface area contributed by atoms with Crippen LogP contribution in [0.15, 0.2) is 12.2 Å². The number of carbonyl (C=O) groups is 1. The summed E-state index contributed by atoms with van der Waals surface area (Å²) in [6.45, 7) is 6.48. The molecule has 4 heteroatoms. The van der Waals surface area contributed by atoms with Gasteiger partial charge in [0, 0.05) is 12.5 Å². The molecule has 0 saturated heterocycles. The first kappa shape index (κ1) is 9.31. The maximum Gasteiger partial charge on any atom is 0.368 e. The molecule has 0 aliphatic heterocycles. The molecule has 10 heavy (non-hydrogen) atoms. The molecule has 0 rings (SSSR count). The fraction of sp³-hybridized carbons (Fsp3) is 0.500. The van der Waals surface area contributed by atoms with Crippen molar-refractivity contribution in [3.8, 4) is 0 Å². The second-order valence-corrected chi connectivity index (χ2v) is 2.99. The van der Waals surface area contributed by atoms with E-state index in [1.165, 1.54) is 0 Å². The van der Waals surface area contributed by atoms with Gasteiger partial charge in [-0.25, -0.2) is 4.79 Å². The first-order valence-corrected chi connectivity index (χ1v) is 3.80. The number of esters is 1. The van der Waals surface area contributed by atoms with Crippen LogP contribution in [0.1, 0.15) is 13.8 Å². The van der Waals surface area contributed by atoms with Gasteiger partial charge in [0.2, 0.25) is 0 Å². The van der Waals surface area contributed by atoms with Crippen LogP contribution in [0.3, 0.4) is 0 Å². The van der Waals surface area contributed by atoms with E-state index in [0.29, 0.717) is 5.57 Å². The van der Waals surface area contributed by atoms with Crippen molar-refractivity contribution in [2.75, 3.05) is 0 Å². The van der Waals surface area contributed by atoms with Gasteiger partial charge in [0.05, 0.1) is 0 Å². The van der Waals surface area contributed by atoms with Gasteiger partial charge in [-0.2, -0.15) is 0 Å². The van der Waals surface area contributed by atoms with E-state index >= 15 is 0 Å². The molecular weight excluding hydrogens is 151 g/mol. The molecule has 3 nitrogen and oxygen atoms in total. The zero-order chi connectivity index (χ0) is 8.15. The molecule has 0 heterocycles. The minimum absolute atomic E-state index is 0.324. The Bertz CT molecular complexity index is 164. The molecule has 0 spiro atoms. The minimum Gasteiger partial charge on any atom is -0.413 e. The van der Waals surface area contributed by atoms with Gasteiger partial charge in [-0.15, -0.1) is 0 Å². The fourth-order valence-corrected chi connectivity index (χ4v) is 0.440. The monoisotopic (exact) mass is 161 g/mol. The lowest BCUT2D eigenvalue weighted by Crippen LogP contribution is -2.09. The van der Waals surface area contributed by atoms with Crippen LogP contribution in [0.2, 0.25) is 0 Å². The van der Waals surface area contributed by atoms with Crippen molar-refractivity contribution in [1.29, 1.82) is 0 Å². The van der Waals surface area contributed by atoms with Crippen LogP contribution < -0.4 is 0 Å². The van der Waals surface area contributed by atoms with Crippen molar-refractivity contribution in [2.45, 2.75) is 19.7 Å². The highest BCUT2D eigenvalue weighted by Gasteiger charge is 2.13. The lowest BCUT2D eigenvalue weighted by molar-refractivity contribution is -0.139. The Kier molecular flexibility index (Phi) is 3.89. The quantitative estimate of drug-likeness (QED) is 0.357. The SMILES string of the molecule is C=C(C)C(=O)OC(C)[PH+]=O. The molecule has 0 aromatic rings. The summed E-state index contributed by atoms with van der Waals surface area (Å²) < 4.78 is 14.7. The number of hydrogen-bond donors (Lipinski definition) is 0. The normalized spacial score (nSPS) is 12.6. The smallest absolute Gasteiger partial charge is 0.368 e. The second kappa shape index (κ2) is 4.18. The van der Waals surface area contributed by atoms with E-state index in [1.807, 2.05) is 0 Å². The van der Waals surface area contributed by atoms with E-state index in [9.17, 15) is 9.36 Å². The molecule has 2 unspecified atom stereocenters. The Morgan fingerprint density at radius 1 is 1.70 bits per heavy atom. The highest BCUT2D eigenvalue weighted by molar-refractivity contribution is 7.24. The van der Waals surface area contributed by atoms with Gasteiger partial charge in [0.15, 0.2) is 0 Å². The van der Waals surface area contributed by atoms with Crippen molar-refractivity contribution >= 4 is 14.4 Å². The summed E-state index contributed by atoms with van der Waals surface area (Å²) in [4.78, 5) is 10.7. The highest BCUT2D eigenvalue weighted by atomic mass is 31.1. The molecule has 0 saturated carbocycles. The lowest BCUT2D eigenvalue weighted by atomic mass is 10.4. The van der Waals surface area contributed by atoms with Crippen molar-refractivity contribution in [3.05, 3.63) is 12.2 Å². The standard InChI is InChI=1S/C6H9O3P/c1-4(2)6(7)9-5(3)10-8/h5H,1H2,2-3H3/p+1. The molecule has 0 aliphatic rings. The largest absolute Gasteiger partial charge is 0.413 e. The van der Waals surface area contributed by atoms with Crippen LogP contribution in [0.25, 0.3) is 0 Å². The third-order valence-electron chi connectivity index (χ3n) is 0.798. The fourth-order valence-electron chi connectivity index (χ4n) is 0.285. The van der Waals surface area contributed by atoms with Crippen LogP contribution in [0.4, 0.5) is 0 Å². The maximum absolute atomic E-state index is 10.7. The average molecular weight is 161 g/mol. The van der Waals surface area contributed by atoms with Gasteiger partial charge >= 0.3 is 14.4 Å². The van der Waals surface area contributed by atoms with Crippen LogP contribution in [-0.2, 0) is 14.1 Å². The summed E-state index contributed by atoms with van der Waals surface area (Å²) in [5, 5.41) is 0. The second-order valence-electron chi connectivity index (χ2n) is 1.95. The molecule has 56 valence electrons. The van der Waals surface area contributed by atoms with Gasteiger partial charge in [-0.1, -0.05) is 11.1 Å². The Morgan fingerprint density at radius 3 is 2.50 bits per heavy atom. The maximum atomic E-state index is 10.7. The zero-order valence-corrected chi connectivity index (χ0v) is 7.01. The molecule has 0 amide bonds. The van der Waals surface area contributed by atoms with Crippen molar-refractivity contribution in [1.82, 2.24) is 0 Å². The number of hydrogen-bond acceptors (Lipinski definition) is 3.